The third kappa shape index (κ3) is 4.87. The topological polar surface area (TPSA) is 54.9 Å². The molecule has 0 aromatic carbocycles. The van der Waals surface area contributed by atoms with E-state index < -0.39 is 0 Å². The van der Waals surface area contributed by atoms with E-state index in [-0.39, 0.29) is 11.4 Å². The average Bonchev–Trinajstić information content (AvgIpc) is 2.44. The number of hydrogen-bond donors (Lipinski definition) is 1. The van der Waals surface area contributed by atoms with Crippen molar-refractivity contribution in [3.8, 4) is 11.8 Å². The molecule has 0 saturated heterocycles. The smallest absolute Gasteiger partial charge is 0.270 e. The van der Waals surface area contributed by atoms with Gasteiger partial charge >= 0.3 is 0 Å². The second-order valence-electron chi connectivity index (χ2n) is 5.75. The minimum Gasteiger partial charge on any atom is -0.346 e. The van der Waals surface area contributed by atoms with Crippen molar-refractivity contribution in [3.63, 3.8) is 0 Å². The van der Waals surface area contributed by atoms with Crippen LogP contribution in [0, 0.1) is 11.8 Å². The van der Waals surface area contributed by atoms with E-state index in [1.807, 2.05) is 20.8 Å². The highest BCUT2D eigenvalue weighted by molar-refractivity contribution is 6.29. The van der Waals surface area contributed by atoms with E-state index >= 15 is 0 Å². The summed E-state index contributed by atoms with van der Waals surface area (Å²) < 4.78 is 0. The van der Waals surface area contributed by atoms with Crippen molar-refractivity contribution in [2.45, 2.75) is 26.3 Å². The minimum absolute atomic E-state index is 0.201. The summed E-state index contributed by atoms with van der Waals surface area (Å²) in [5, 5.41) is 3.26. The first-order valence-electron chi connectivity index (χ1n) is 6.76. The number of aromatic nitrogens is 2. The minimum atomic E-state index is -0.294. The number of rotatable bonds is 1. The summed E-state index contributed by atoms with van der Waals surface area (Å²) in [6.45, 7) is 5.76. The standard InChI is InChI=1S/C17H16ClN3O/c1-17(2,3)21-16(22)14-7-6-13(11-20-14)5-4-12-8-9-19-15(18)10-12/h6-11H,1-3H3,(H,21,22). The summed E-state index contributed by atoms with van der Waals surface area (Å²) in [4.78, 5) is 20.0. The zero-order valence-corrected chi connectivity index (χ0v) is 13.4. The Labute approximate surface area is 134 Å². The molecule has 2 heterocycles. The number of halogens is 1. The monoisotopic (exact) mass is 313 g/mol. The Balaban J connectivity index is 2.12. The predicted molar refractivity (Wildman–Crippen MR) is 86.7 cm³/mol. The van der Waals surface area contributed by atoms with E-state index in [1.54, 1.807) is 36.7 Å². The van der Waals surface area contributed by atoms with Crippen molar-refractivity contribution < 1.29 is 4.79 Å². The van der Waals surface area contributed by atoms with E-state index in [4.69, 9.17) is 11.6 Å². The van der Waals surface area contributed by atoms with Crippen molar-refractivity contribution in [3.05, 3.63) is 58.6 Å². The summed E-state index contributed by atoms with van der Waals surface area (Å²) in [7, 11) is 0. The van der Waals surface area contributed by atoms with Crippen molar-refractivity contribution in [2.75, 3.05) is 0 Å². The first-order valence-corrected chi connectivity index (χ1v) is 7.13. The summed E-state index contributed by atoms with van der Waals surface area (Å²) >= 11 is 5.80. The molecule has 2 aromatic rings. The third-order valence-corrected chi connectivity index (χ3v) is 2.77. The molecule has 0 atom stereocenters. The van der Waals surface area contributed by atoms with Gasteiger partial charge in [0.15, 0.2) is 0 Å². The Morgan fingerprint density at radius 1 is 1.14 bits per heavy atom. The zero-order chi connectivity index (χ0) is 16.2. The van der Waals surface area contributed by atoms with E-state index in [0.29, 0.717) is 10.8 Å². The lowest BCUT2D eigenvalue weighted by Crippen LogP contribution is -2.40. The molecule has 22 heavy (non-hydrogen) atoms. The van der Waals surface area contributed by atoms with Crippen LogP contribution in [0.25, 0.3) is 0 Å². The average molecular weight is 314 g/mol. The number of carbonyl (C=O) groups is 1. The molecule has 0 aliphatic heterocycles. The first-order chi connectivity index (χ1) is 10.3. The Morgan fingerprint density at radius 3 is 2.45 bits per heavy atom. The number of hydrogen-bond acceptors (Lipinski definition) is 3. The molecular weight excluding hydrogens is 298 g/mol. The molecule has 112 valence electrons. The number of carbonyl (C=O) groups excluding carboxylic acids is 1. The van der Waals surface area contributed by atoms with Gasteiger partial charge in [-0.1, -0.05) is 23.4 Å². The molecule has 0 unspecified atom stereocenters. The molecule has 2 aromatic heterocycles. The van der Waals surface area contributed by atoms with Gasteiger partial charge in [0.2, 0.25) is 0 Å². The van der Waals surface area contributed by atoms with Gasteiger partial charge in [0.1, 0.15) is 10.8 Å². The predicted octanol–water partition coefficient (Wildman–Crippen LogP) is 3.06. The summed E-state index contributed by atoms with van der Waals surface area (Å²) in [6.07, 6.45) is 3.18. The lowest BCUT2D eigenvalue weighted by molar-refractivity contribution is 0.0914. The largest absolute Gasteiger partial charge is 0.346 e. The van der Waals surface area contributed by atoms with Gasteiger partial charge in [-0.05, 0) is 45.0 Å². The van der Waals surface area contributed by atoms with Crippen LogP contribution in [0.1, 0.15) is 42.4 Å². The van der Waals surface area contributed by atoms with E-state index in [0.717, 1.165) is 11.1 Å². The van der Waals surface area contributed by atoms with E-state index in [2.05, 4.69) is 27.1 Å². The van der Waals surface area contributed by atoms with Gasteiger partial charge in [0, 0.05) is 29.1 Å². The van der Waals surface area contributed by atoms with Crippen molar-refractivity contribution >= 4 is 17.5 Å². The molecular formula is C17H16ClN3O. The number of nitrogens with zero attached hydrogens (tertiary/aromatic N) is 2. The van der Waals surface area contributed by atoms with E-state index in [1.165, 1.54) is 0 Å². The maximum atomic E-state index is 12.0. The van der Waals surface area contributed by atoms with Crippen molar-refractivity contribution in [2.24, 2.45) is 0 Å². The second kappa shape index (κ2) is 6.59. The highest BCUT2D eigenvalue weighted by Gasteiger charge is 2.15. The van der Waals surface area contributed by atoms with Crippen molar-refractivity contribution in [1.29, 1.82) is 0 Å². The van der Waals surface area contributed by atoms with Crippen LogP contribution < -0.4 is 5.32 Å². The molecule has 0 aliphatic carbocycles. The Morgan fingerprint density at radius 2 is 1.86 bits per heavy atom. The zero-order valence-electron chi connectivity index (χ0n) is 12.6. The molecule has 1 N–H and O–H groups in total. The van der Waals surface area contributed by atoms with Gasteiger partial charge < -0.3 is 5.32 Å². The quantitative estimate of drug-likeness (QED) is 0.650. The summed E-state index contributed by atoms with van der Waals surface area (Å²) in [6, 6.07) is 6.88. The van der Waals surface area contributed by atoms with Gasteiger partial charge in [-0.2, -0.15) is 0 Å². The van der Waals surface area contributed by atoms with Crippen molar-refractivity contribution in [1.82, 2.24) is 15.3 Å². The van der Waals surface area contributed by atoms with Crippen LogP contribution in [-0.4, -0.2) is 21.4 Å². The lowest BCUT2D eigenvalue weighted by atomic mass is 10.1. The normalized spacial score (nSPS) is 10.5. The number of nitrogens with one attached hydrogen (secondary N) is 1. The molecule has 0 bridgehead atoms. The summed E-state index contributed by atoms with van der Waals surface area (Å²) in [5.41, 5.74) is 1.57. The molecule has 0 aliphatic rings. The Kier molecular flexibility index (Phi) is 4.79. The Hall–Kier alpha value is -2.38. The molecule has 0 fully saturated rings. The van der Waals surface area contributed by atoms with Gasteiger partial charge in [0.05, 0.1) is 0 Å². The van der Waals surface area contributed by atoms with Gasteiger partial charge in [-0.15, -0.1) is 0 Å². The van der Waals surface area contributed by atoms with Gasteiger partial charge in [0.25, 0.3) is 5.91 Å². The van der Waals surface area contributed by atoms with Crippen LogP contribution in [-0.2, 0) is 0 Å². The van der Waals surface area contributed by atoms with Gasteiger partial charge in [-0.3, -0.25) is 4.79 Å². The number of pyridine rings is 2. The summed E-state index contributed by atoms with van der Waals surface area (Å²) in [5.74, 6) is 5.74. The fraction of sp³-hybridized carbons (Fsp3) is 0.235. The highest BCUT2D eigenvalue weighted by atomic mass is 35.5. The molecule has 2 rings (SSSR count). The molecule has 0 spiro atoms. The fourth-order valence-corrected chi connectivity index (χ4v) is 1.81. The lowest BCUT2D eigenvalue weighted by Gasteiger charge is -2.19. The molecule has 4 nitrogen and oxygen atoms in total. The van der Waals surface area contributed by atoms with Crippen LogP contribution in [0.5, 0.6) is 0 Å². The molecule has 0 saturated carbocycles. The third-order valence-electron chi connectivity index (χ3n) is 2.56. The maximum absolute atomic E-state index is 12.0. The maximum Gasteiger partial charge on any atom is 0.270 e. The molecule has 0 radical (unpaired) electrons. The number of amides is 1. The molecule has 5 heteroatoms. The SMILES string of the molecule is CC(C)(C)NC(=O)c1ccc(C#Cc2ccnc(Cl)c2)cn1. The van der Waals surface area contributed by atoms with Gasteiger partial charge in [-0.25, -0.2) is 9.97 Å². The second-order valence-corrected chi connectivity index (χ2v) is 6.14. The van der Waals surface area contributed by atoms with Crippen LogP contribution in [0.2, 0.25) is 5.15 Å². The van der Waals surface area contributed by atoms with Crippen LogP contribution in [0.3, 0.4) is 0 Å². The first kappa shape index (κ1) is 16.0. The van der Waals surface area contributed by atoms with Crippen LogP contribution in [0.15, 0.2) is 36.7 Å². The molecule has 1 amide bonds. The highest BCUT2D eigenvalue weighted by Crippen LogP contribution is 2.07. The van der Waals surface area contributed by atoms with E-state index in [9.17, 15) is 4.79 Å². The fourth-order valence-electron chi connectivity index (χ4n) is 1.63. The Bertz CT molecular complexity index is 737. The van der Waals surface area contributed by atoms with Crippen LogP contribution >= 0.6 is 11.6 Å². The van der Waals surface area contributed by atoms with Crippen LogP contribution in [0.4, 0.5) is 0 Å².